The van der Waals surface area contributed by atoms with Crippen LogP contribution in [0, 0.1) is 23.7 Å². The SMILES string of the molecule is CC1=C(C)CC(C2C=C(F)C(C)CC2C)C=C1. The van der Waals surface area contributed by atoms with Crippen LogP contribution in [0.1, 0.15) is 40.5 Å². The Balaban J connectivity index is 2.17. The van der Waals surface area contributed by atoms with Gasteiger partial charge in [0.05, 0.1) is 5.83 Å². The van der Waals surface area contributed by atoms with Gasteiger partial charge in [0.15, 0.2) is 0 Å². The molecule has 0 amide bonds. The molecule has 0 aromatic rings. The van der Waals surface area contributed by atoms with E-state index < -0.39 is 0 Å². The van der Waals surface area contributed by atoms with Crippen LogP contribution in [0.25, 0.3) is 0 Å². The lowest BCUT2D eigenvalue weighted by molar-refractivity contribution is 0.250. The van der Waals surface area contributed by atoms with Gasteiger partial charge in [-0.2, -0.15) is 0 Å². The summed E-state index contributed by atoms with van der Waals surface area (Å²) in [6.45, 7) is 8.61. The van der Waals surface area contributed by atoms with E-state index in [1.807, 2.05) is 13.0 Å². The summed E-state index contributed by atoms with van der Waals surface area (Å²) in [4.78, 5) is 0. The maximum Gasteiger partial charge on any atom is 0.0991 e. The average molecular weight is 234 g/mol. The third-order valence-electron chi connectivity index (χ3n) is 4.51. The fraction of sp³-hybridized carbons (Fsp3) is 0.625. The van der Waals surface area contributed by atoms with E-state index in [9.17, 15) is 4.39 Å². The molecule has 2 aliphatic carbocycles. The van der Waals surface area contributed by atoms with Crippen molar-refractivity contribution in [2.24, 2.45) is 23.7 Å². The van der Waals surface area contributed by atoms with Crippen LogP contribution in [0.2, 0.25) is 0 Å². The third-order valence-corrected chi connectivity index (χ3v) is 4.51. The minimum absolute atomic E-state index is 0.102. The van der Waals surface area contributed by atoms with Gasteiger partial charge in [-0.25, -0.2) is 4.39 Å². The Kier molecular flexibility index (Phi) is 3.56. The highest BCUT2D eigenvalue weighted by molar-refractivity contribution is 5.29. The quantitative estimate of drug-likeness (QED) is 0.596. The predicted octanol–water partition coefficient (Wildman–Crippen LogP) is 5.04. The van der Waals surface area contributed by atoms with E-state index in [4.69, 9.17) is 0 Å². The molecule has 1 heteroatoms. The fourth-order valence-corrected chi connectivity index (χ4v) is 3.14. The summed E-state index contributed by atoms with van der Waals surface area (Å²) in [7, 11) is 0. The summed E-state index contributed by atoms with van der Waals surface area (Å²) in [5, 5.41) is 0. The Labute approximate surface area is 104 Å². The summed E-state index contributed by atoms with van der Waals surface area (Å²) in [6.07, 6.45) is 8.46. The number of allylic oxidation sites excluding steroid dienone is 6. The molecule has 17 heavy (non-hydrogen) atoms. The first kappa shape index (κ1) is 12.6. The van der Waals surface area contributed by atoms with E-state index in [-0.39, 0.29) is 11.7 Å². The van der Waals surface area contributed by atoms with Crippen molar-refractivity contribution in [3.63, 3.8) is 0 Å². The second kappa shape index (κ2) is 4.80. The number of halogens is 1. The number of hydrogen-bond acceptors (Lipinski definition) is 0. The van der Waals surface area contributed by atoms with Crippen molar-refractivity contribution in [1.82, 2.24) is 0 Å². The van der Waals surface area contributed by atoms with E-state index in [0.29, 0.717) is 17.8 Å². The maximum absolute atomic E-state index is 13.8. The molecule has 4 atom stereocenters. The molecule has 0 nitrogen and oxygen atoms in total. The first-order chi connectivity index (χ1) is 7.99. The van der Waals surface area contributed by atoms with Crippen LogP contribution in [-0.2, 0) is 0 Å². The zero-order valence-corrected chi connectivity index (χ0v) is 11.3. The van der Waals surface area contributed by atoms with Gasteiger partial charge in [-0.05, 0) is 50.5 Å². The van der Waals surface area contributed by atoms with Gasteiger partial charge in [0.25, 0.3) is 0 Å². The molecule has 0 saturated heterocycles. The highest BCUT2D eigenvalue weighted by atomic mass is 19.1. The van der Waals surface area contributed by atoms with E-state index >= 15 is 0 Å². The van der Waals surface area contributed by atoms with Crippen molar-refractivity contribution < 1.29 is 4.39 Å². The molecule has 0 fully saturated rings. The van der Waals surface area contributed by atoms with Crippen LogP contribution in [0.15, 0.2) is 35.2 Å². The lowest BCUT2D eigenvalue weighted by Crippen LogP contribution is -2.26. The number of rotatable bonds is 1. The van der Waals surface area contributed by atoms with E-state index in [1.54, 1.807) is 0 Å². The minimum atomic E-state index is 0.102. The molecule has 0 aromatic heterocycles. The Bertz CT molecular complexity index is 386. The summed E-state index contributed by atoms with van der Waals surface area (Å²) < 4.78 is 13.8. The fourth-order valence-electron chi connectivity index (χ4n) is 3.14. The average Bonchev–Trinajstić information content (AvgIpc) is 2.27. The van der Waals surface area contributed by atoms with Crippen LogP contribution in [0.4, 0.5) is 4.39 Å². The lowest BCUT2D eigenvalue weighted by atomic mass is 9.70. The third kappa shape index (κ3) is 2.53. The molecular weight excluding hydrogens is 211 g/mol. The molecule has 94 valence electrons. The lowest BCUT2D eigenvalue weighted by Gasteiger charge is -2.35. The molecule has 0 radical (unpaired) electrons. The topological polar surface area (TPSA) is 0 Å². The molecule has 0 heterocycles. The summed E-state index contributed by atoms with van der Waals surface area (Å²) in [6, 6.07) is 0. The largest absolute Gasteiger partial charge is 0.212 e. The van der Waals surface area contributed by atoms with Crippen LogP contribution in [-0.4, -0.2) is 0 Å². The Morgan fingerprint density at radius 2 is 1.94 bits per heavy atom. The van der Waals surface area contributed by atoms with Gasteiger partial charge in [0.1, 0.15) is 0 Å². The van der Waals surface area contributed by atoms with Gasteiger partial charge in [-0.15, -0.1) is 0 Å². The summed E-state index contributed by atoms with van der Waals surface area (Å²) >= 11 is 0. The predicted molar refractivity (Wildman–Crippen MR) is 71.2 cm³/mol. The second-order valence-electron chi connectivity index (χ2n) is 5.93. The molecule has 4 unspecified atom stereocenters. The molecule has 0 saturated carbocycles. The van der Waals surface area contributed by atoms with Crippen molar-refractivity contribution in [3.05, 3.63) is 35.2 Å². The summed E-state index contributed by atoms with van der Waals surface area (Å²) in [5.41, 5.74) is 2.83. The Morgan fingerprint density at radius 3 is 2.59 bits per heavy atom. The molecule has 2 rings (SSSR count). The minimum Gasteiger partial charge on any atom is -0.212 e. The molecule has 0 bridgehead atoms. The smallest absolute Gasteiger partial charge is 0.0991 e. The molecular formula is C16H23F. The van der Waals surface area contributed by atoms with E-state index in [0.717, 1.165) is 12.8 Å². The van der Waals surface area contributed by atoms with Crippen molar-refractivity contribution in [1.29, 1.82) is 0 Å². The van der Waals surface area contributed by atoms with Crippen LogP contribution in [0.3, 0.4) is 0 Å². The first-order valence-electron chi connectivity index (χ1n) is 6.70. The highest BCUT2D eigenvalue weighted by Crippen LogP contribution is 2.41. The maximum atomic E-state index is 13.8. The first-order valence-corrected chi connectivity index (χ1v) is 6.70. The zero-order valence-electron chi connectivity index (χ0n) is 11.3. The normalized spacial score (nSPS) is 38.3. The van der Waals surface area contributed by atoms with Crippen molar-refractivity contribution in [2.75, 3.05) is 0 Å². The van der Waals surface area contributed by atoms with Crippen molar-refractivity contribution in [2.45, 2.75) is 40.5 Å². The van der Waals surface area contributed by atoms with Gasteiger partial charge in [-0.3, -0.25) is 0 Å². The molecule has 0 aromatic carbocycles. The van der Waals surface area contributed by atoms with Gasteiger partial charge in [0, 0.05) is 5.92 Å². The van der Waals surface area contributed by atoms with E-state index in [2.05, 4.69) is 32.9 Å². The van der Waals surface area contributed by atoms with Crippen molar-refractivity contribution in [3.8, 4) is 0 Å². The highest BCUT2D eigenvalue weighted by Gasteiger charge is 2.31. The molecule has 2 aliphatic rings. The van der Waals surface area contributed by atoms with Crippen molar-refractivity contribution >= 4 is 0 Å². The van der Waals surface area contributed by atoms with Gasteiger partial charge in [-0.1, -0.05) is 37.1 Å². The standard InChI is InChI=1S/C16H23F/c1-10-5-6-14(8-11(10)2)15-9-16(17)13(4)7-12(15)3/h5-6,9,12-15H,7-8H2,1-4H3. The molecule has 0 N–H and O–H groups in total. The Hall–Kier alpha value is -0.850. The van der Waals surface area contributed by atoms with Crippen LogP contribution < -0.4 is 0 Å². The van der Waals surface area contributed by atoms with Gasteiger partial charge < -0.3 is 0 Å². The molecule has 0 aliphatic heterocycles. The van der Waals surface area contributed by atoms with E-state index in [1.165, 1.54) is 11.1 Å². The van der Waals surface area contributed by atoms with Gasteiger partial charge in [0.2, 0.25) is 0 Å². The number of hydrogen-bond donors (Lipinski definition) is 0. The zero-order chi connectivity index (χ0) is 12.6. The van der Waals surface area contributed by atoms with Crippen LogP contribution in [0.5, 0.6) is 0 Å². The molecule has 0 spiro atoms. The van der Waals surface area contributed by atoms with Crippen LogP contribution >= 0.6 is 0 Å². The summed E-state index contributed by atoms with van der Waals surface area (Å²) in [5.74, 6) is 1.68. The van der Waals surface area contributed by atoms with Gasteiger partial charge >= 0.3 is 0 Å². The monoisotopic (exact) mass is 234 g/mol. The Morgan fingerprint density at radius 1 is 1.24 bits per heavy atom. The second-order valence-corrected chi connectivity index (χ2v) is 5.93.